The van der Waals surface area contributed by atoms with Crippen LogP contribution in [0.1, 0.15) is 0 Å². The zero-order chi connectivity index (χ0) is 12.4. The van der Waals surface area contributed by atoms with Gasteiger partial charge in [-0.25, -0.2) is 4.98 Å². The first-order chi connectivity index (χ1) is 8.08. The molecule has 0 saturated carbocycles. The summed E-state index contributed by atoms with van der Waals surface area (Å²) in [5.41, 5.74) is -0.340. The molecule has 0 bridgehead atoms. The molecule has 2 rings (SSSR count). The van der Waals surface area contributed by atoms with E-state index in [4.69, 9.17) is 27.9 Å². The maximum Gasteiger partial charge on any atom is 0.268 e. The second kappa shape index (κ2) is 5.08. The van der Waals surface area contributed by atoms with Gasteiger partial charge >= 0.3 is 0 Å². The minimum Gasteiger partial charge on any atom is -0.436 e. The van der Waals surface area contributed by atoms with Crippen LogP contribution in [0.5, 0.6) is 11.6 Å². The highest BCUT2D eigenvalue weighted by molar-refractivity contribution is 9.10. The van der Waals surface area contributed by atoms with Crippen LogP contribution < -0.4 is 10.3 Å². The third-order valence-corrected chi connectivity index (χ3v) is 3.11. The van der Waals surface area contributed by atoms with Crippen LogP contribution >= 0.6 is 39.1 Å². The van der Waals surface area contributed by atoms with Crippen molar-refractivity contribution >= 4 is 39.1 Å². The first kappa shape index (κ1) is 12.4. The SMILES string of the molecule is O=c1[nH]cnc(Oc2cc(Cl)ccc2Cl)c1Br. The van der Waals surface area contributed by atoms with E-state index in [2.05, 4.69) is 25.9 Å². The van der Waals surface area contributed by atoms with Crippen LogP contribution in [0.15, 0.2) is 33.8 Å². The van der Waals surface area contributed by atoms with Gasteiger partial charge in [-0.15, -0.1) is 0 Å². The zero-order valence-corrected chi connectivity index (χ0v) is 11.3. The molecular formula is C10H5BrCl2N2O2. The van der Waals surface area contributed by atoms with Crippen molar-refractivity contribution in [2.75, 3.05) is 0 Å². The van der Waals surface area contributed by atoms with E-state index in [1.807, 2.05) is 0 Å². The van der Waals surface area contributed by atoms with Crippen LogP contribution in [0.2, 0.25) is 10.0 Å². The lowest BCUT2D eigenvalue weighted by molar-refractivity contribution is 0.457. The number of nitrogens with zero attached hydrogens (tertiary/aromatic N) is 1. The van der Waals surface area contributed by atoms with Crippen LogP contribution in [0.25, 0.3) is 0 Å². The predicted octanol–water partition coefficient (Wildman–Crippen LogP) is 3.63. The highest BCUT2D eigenvalue weighted by Gasteiger charge is 2.10. The molecule has 0 saturated heterocycles. The molecule has 0 amide bonds. The van der Waals surface area contributed by atoms with E-state index in [9.17, 15) is 4.79 Å². The third kappa shape index (κ3) is 2.80. The molecular weight excluding hydrogens is 331 g/mol. The average Bonchev–Trinajstić information content (AvgIpc) is 2.30. The van der Waals surface area contributed by atoms with Crippen molar-refractivity contribution in [1.82, 2.24) is 9.97 Å². The molecule has 0 aliphatic carbocycles. The van der Waals surface area contributed by atoms with Crippen molar-refractivity contribution in [2.45, 2.75) is 0 Å². The Morgan fingerprint density at radius 2 is 2.12 bits per heavy atom. The van der Waals surface area contributed by atoms with Crippen LogP contribution in [-0.2, 0) is 0 Å². The number of aromatic nitrogens is 2. The third-order valence-electron chi connectivity index (χ3n) is 1.86. The first-order valence-electron chi connectivity index (χ1n) is 4.44. The smallest absolute Gasteiger partial charge is 0.268 e. The predicted molar refractivity (Wildman–Crippen MR) is 69.1 cm³/mol. The van der Waals surface area contributed by atoms with Crippen LogP contribution in [-0.4, -0.2) is 9.97 Å². The van der Waals surface area contributed by atoms with E-state index >= 15 is 0 Å². The second-order valence-corrected chi connectivity index (χ2v) is 4.66. The zero-order valence-electron chi connectivity index (χ0n) is 8.21. The van der Waals surface area contributed by atoms with Crippen LogP contribution in [0.3, 0.4) is 0 Å². The van der Waals surface area contributed by atoms with Crippen LogP contribution in [0.4, 0.5) is 0 Å². The number of rotatable bonds is 2. The van der Waals surface area contributed by atoms with Crippen molar-refractivity contribution in [3.63, 3.8) is 0 Å². The van der Waals surface area contributed by atoms with Gasteiger partial charge in [0.15, 0.2) is 0 Å². The largest absolute Gasteiger partial charge is 0.436 e. The molecule has 1 heterocycles. The van der Waals surface area contributed by atoms with Gasteiger partial charge < -0.3 is 9.72 Å². The maximum atomic E-state index is 11.3. The van der Waals surface area contributed by atoms with Crippen molar-refractivity contribution in [1.29, 1.82) is 0 Å². The normalized spacial score (nSPS) is 10.3. The van der Waals surface area contributed by atoms with Crippen LogP contribution in [0, 0.1) is 0 Å². The molecule has 0 aliphatic rings. The van der Waals surface area contributed by atoms with E-state index in [0.717, 1.165) is 0 Å². The van der Waals surface area contributed by atoms with E-state index in [0.29, 0.717) is 15.8 Å². The number of benzene rings is 1. The van der Waals surface area contributed by atoms with Gasteiger partial charge in [-0.3, -0.25) is 4.79 Å². The monoisotopic (exact) mass is 334 g/mol. The number of nitrogens with one attached hydrogen (secondary N) is 1. The molecule has 7 heteroatoms. The summed E-state index contributed by atoms with van der Waals surface area (Å²) in [7, 11) is 0. The average molecular weight is 336 g/mol. The Bertz CT molecular complexity index is 615. The number of hydrogen-bond donors (Lipinski definition) is 1. The number of halogens is 3. The standard InChI is InChI=1S/C10H5BrCl2N2O2/c11-8-9(16)14-4-15-10(8)17-7-3-5(12)1-2-6(7)13/h1-4H,(H,14,15,16). The van der Waals surface area contributed by atoms with Gasteiger partial charge in [-0.1, -0.05) is 23.2 Å². The topological polar surface area (TPSA) is 55.0 Å². The lowest BCUT2D eigenvalue weighted by Crippen LogP contribution is -2.08. The van der Waals surface area contributed by atoms with Crippen molar-refractivity contribution in [3.8, 4) is 11.6 Å². The number of aromatic amines is 1. The Kier molecular flexibility index (Phi) is 3.71. The van der Waals surface area contributed by atoms with Gasteiger partial charge in [-0.05, 0) is 28.1 Å². The molecule has 0 atom stereocenters. The highest BCUT2D eigenvalue weighted by atomic mass is 79.9. The van der Waals surface area contributed by atoms with Gasteiger partial charge in [0.25, 0.3) is 5.56 Å². The number of hydrogen-bond acceptors (Lipinski definition) is 3. The van der Waals surface area contributed by atoms with E-state index in [-0.39, 0.29) is 15.9 Å². The summed E-state index contributed by atoms with van der Waals surface area (Å²) in [6.45, 7) is 0. The molecule has 17 heavy (non-hydrogen) atoms. The van der Waals surface area contributed by atoms with E-state index < -0.39 is 0 Å². The second-order valence-electron chi connectivity index (χ2n) is 3.03. The molecule has 4 nitrogen and oxygen atoms in total. The first-order valence-corrected chi connectivity index (χ1v) is 5.99. The lowest BCUT2D eigenvalue weighted by atomic mass is 10.3. The molecule has 1 N–H and O–H groups in total. The van der Waals surface area contributed by atoms with Gasteiger partial charge in [0, 0.05) is 11.1 Å². The molecule has 0 unspecified atom stereocenters. The van der Waals surface area contributed by atoms with Crippen molar-refractivity contribution in [3.05, 3.63) is 49.4 Å². The molecule has 0 spiro atoms. The minimum atomic E-state index is -0.340. The number of H-pyrrole nitrogens is 1. The molecule has 1 aromatic heterocycles. The fraction of sp³-hybridized carbons (Fsp3) is 0. The quantitative estimate of drug-likeness (QED) is 0.911. The molecule has 0 radical (unpaired) electrons. The van der Waals surface area contributed by atoms with Gasteiger partial charge in [0.2, 0.25) is 5.88 Å². The summed E-state index contributed by atoms with van der Waals surface area (Å²) < 4.78 is 5.60. The molecule has 0 fully saturated rings. The van der Waals surface area contributed by atoms with Crippen molar-refractivity contribution in [2.24, 2.45) is 0 Å². The summed E-state index contributed by atoms with van der Waals surface area (Å²) in [4.78, 5) is 17.6. The lowest BCUT2D eigenvalue weighted by Gasteiger charge is -2.07. The van der Waals surface area contributed by atoms with Crippen molar-refractivity contribution < 1.29 is 4.74 Å². The molecule has 0 aliphatic heterocycles. The molecule has 1 aromatic carbocycles. The summed E-state index contributed by atoms with van der Waals surface area (Å²) in [6, 6.07) is 4.77. The summed E-state index contributed by atoms with van der Waals surface area (Å²) in [5.74, 6) is 0.455. The Balaban J connectivity index is 2.41. The van der Waals surface area contributed by atoms with Gasteiger partial charge in [-0.2, -0.15) is 0 Å². The summed E-state index contributed by atoms with van der Waals surface area (Å²) >= 11 is 14.8. The summed E-state index contributed by atoms with van der Waals surface area (Å²) in [5, 5.41) is 0.855. The molecule has 88 valence electrons. The molecule has 2 aromatic rings. The van der Waals surface area contributed by atoms with Gasteiger partial charge in [0.1, 0.15) is 10.2 Å². The van der Waals surface area contributed by atoms with Gasteiger partial charge in [0.05, 0.1) is 11.3 Å². The highest BCUT2D eigenvalue weighted by Crippen LogP contribution is 2.32. The van der Waals surface area contributed by atoms with E-state index in [1.165, 1.54) is 6.33 Å². The fourth-order valence-electron chi connectivity index (χ4n) is 1.10. The Hall–Kier alpha value is -1.04. The fourth-order valence-corrected chi connectivity index (χ4v) is 1.71. The minimum absolute atomic E-state index is 0.123. The Labute approximate surface area is 115 Å². The van der Waals surface area contributed by atoms with E-state index in [1.54, 1.807) is 18.2 Å². The maximum absolute atomic E-state index is 11.3. The summed E-state index contributed by atoms with van der Waals surface area (Å²) in [6.07, 6.45) is 1.24. The number of ether oxygens (including phenoxy) is 1. The Morgan fingerprint density at radius 1 is 1.35 bits per heavy atom. The Morgan fingerprint density at radius 3 is 2.88 bits per heavy atom.